The molecule has 0 bridgehead atoms. The first-order valence-corrected chi connectivity index (χ1v) is 11.2. The number of anilines is 2. The largest absolute Gasteiger partial charge is 0.383 e. The van der Waals surface area contributed by atoms with Crippen molar-refractivity contribution in [2.24, 2.45) is 0 Å². The summed E-state index contributed by atoms with van der Waals surface area (Å²) in [4.78, 5) is 42.2. The Morgan fingerprint density at radius 3 is 2.50 bits per heavy atom. The van der Waals surface area contributed by atoms with Crippen molar-refractivity contribution in [3.05, 3.63) is 64.6 Å². The molecule has 1 N–H and O–H groups in total. The molecule has 0 aromatic heterocycles. The third kappa shape index (κ3) is 4.19. The lowest BCUT2D eigenvalue weighted by molar-refractivity contribution is -0.122. The molecule has 2 aromatic carbocycles. The second-order valence-electron chi connectivity index (χ2n) is 7.34. The molecule has 32 heavy (non-hydrogen) atoms. The molecule has 0 atom stereocenters. The number of thioether (sulfide) groups is 1. The Morgan fingerprint density at radius 2 is 1.78 bits per heavy atom. The number of nitrogens with zero attached hydrogens (tertiary/aromatic N) is 2. The summed E-state index contributed by atoms with van der Waals surface area (Å²) in [7, 11) is 1.55. The van der Waals surface area contributed by atoms with E-state index in [-0.39, 0.29) is 28.8 Å². The first kappa shape index (κ1) is 22.2. The number of nitrogens with one attached hydrogen (secondary N) is 1. The highest BCUT2D eigenvalue weighted by Crippen LogP contribution is 2.44. The van der Waals surface area contributed by atoms with E-state index in [9.17, 15) is 14.4 Å². The minimum absolute atomic E-state index is 0.169. The van der Waals surface area contributed by atoms with E-state index in [1.807, 2.05) is 31.2 Å². The van der Waals surface area contributed by atoms with Crippen molar-refractivity contribution in [3.63, 3.8) is 0 Å². The van der Waals surface area contributed by atoms with Crippen LogP contribution in [-0.4, -0.2) is 53.7 Å². The number of fused-ring (bicyclic) bond motifs is 1. The predicted molar refractivity (Wildman–Crippen MR) is 129 cm³/mol. The lowest BCUT2D eigenvalue weighted by atomic mass is 10.1. The summed E-state index contributed by atoms with van der Waals surface area (Å²) in [5, 5.41) is 2.81. The van der Waals surface area contributed by atoms with Gasteiger partial charge in [-0.25, -0.2) is 0 Å². The Hall–Kier alpha value is -3.01. The van der Waals surface area contributed by atoms with Gasteiger partial charge < -0.3 is 10.1 Å². The average molecular weight is 468 g/mol. The van der Waals surface area contributed by atoms with Crippen LogP contribution in [0.2, 0.25) is 0 Å². The highest BCUT2D eigenvalue weighted by molar-refractivity contribution is 8.26. The van der Waals surface area contributed by atoms with Gasteiger partial charge in [-0.1, -0.05) is 59.9 Å². The number of hydrogen-bond donors (Lipinski definition) is 1. The van der Waals surface area contributed by atoms with Gasteiger partial charge >= 0.3 is 0 Å². The molecule has 4 rings (SSSR count). The van der Waals surface area contributed by atoms with Crippen LogP contribution in [0.5, 0.6) is 0 Å². The number of para-hydroxylation sites is 1. The van der Waals surface area contributed by atoms with Crippen LogP contribution >= 0.6 is 24.0 Å². The van der Waals surface area contributed by atoms with Gasteiger partial charge in [-0.05, 0) is 25.1 Å². The second-order valence-corrected chi connectivity index (χ2v) is 8.99. The SMILES string of the molecule is COCCN1C(=O)/C(=C2/C(=O)N(CC(=O)Nc3ccc(C)cc3)c3ccccc32)SC1=S. The molecule has 0 unspecified atom stereocenters. The van der Waals surface area contributed by atoms with E-state index in [1.165, 1.54) is 9.80 Å². The fourth-order valence-electron chi connectivity index (χ4n) is 3.56. The summed E-state index contributed by atoms with van der Waals surface area (Å²) < 4.78 is 5.44. The number of thiocarbonyl (C=S) groups is 1. The molecular formula is C23H21N3O4S2. The topological polar surface area (TPSA) is 79.0 Å². The van der Waals surface area contributed by atoms with Gasteiger partial charge in [0.05, 0.1) is 29.3 Å². The molecule has 1 fully saturated rings. The molecule has 1 saturated heterocycles. The van der Waals surface area contributed by atoms with E-state index < -0.39 is 5.91 Å². The molecule has 2 aliphatic heterocycles. The number of ether oxygens (including phenoxy) is 1. The molecule has 2 aromatic rings. The van der Waals surface area contributed by atoms with Crippen molar-refractivity contribution in [1.29, 1.82) is 0 Å². The van der Waals surface area contributed by atoms with Crippen LogP contribution in [-0.2, 0) is 19.1 Å². The van der Waals surface area contributed by atoms with Gasteiger partial charge in [0.25, 0.3) is 11.8 Å². The van der Waals surface area contributed by atoms with E-state index in [0.717, 1.165) is 17.3 Å². The van der Waals surface area contributed by atoms with Gasteiger partial charge in [0.15, 0.2) is 0 Å². The first-order chi connectivity index (χ1) is 15.4. The average Bonchev–Trinajstić information content (AvgIpc) is 3.20. The summed E-state index contributed by atoms with van der Waals surface area (Å²) in [6.45, 7) is 2.45. The summed E-state index contributed by atoms with van der Waals surface area (Å²) in [6.07, 6.45) is 0. The Bertz CT molecular complexity index is 1140. The Kier molecular flexibility index (Phi) is 6.40. The van der Waals surface area contributed by atoms with E-state index in [4.69, 9.17) is 17.0 Å². The molecule has 7 nitrogen and oxygen atoms in total. The highest BCUT2D eigenvalue weighted by atomic mass is 32.2. The number of carbonyl (C=O) groups is 3. The second kappa shape index (κ2) is 9.23. The standard InChI is InChI=1S/C23H21N3O4S2/c1-14-7-9-15(10-8-14)24-18(27)13-26-17-6-4-3-5-16(17)19(21(26)28)20-22(29)25(11-12-30-2)23(31)32-20/h3-10H,11-13H2,1-2H3,(H,24,27)/b20-19-. The van der Waals surface area contributed by atoms with Gasteiger partial charge in [-0.3, -0.25) is 24.2 Å². The number of hydrogen-bond acceptors (Lipinski definition) is 6. The van der Waals surface area contributed by atoms with E-state index in [1.54, 1.807) is 31.4 Å². The summed E-state index contributed by atoms with van der Waals surface area (Å²) in [6, 6.07) is 14.6. The van der Waals surface area contributed by atoms with Crippen LogP contribution in [0.4, 0.5) is 11.4 Å². The zero-order valence-electron chi connectivity index (χ0n) is 17.6. The molecular weight excluding hydrogens is 446 g/mol. The Labute approximate surface area is 195 Å². The number of methoxy groups -OCH3 is 1. The summed E-state index contributed by atoms with van der Waals surface area (Å²) >= 11 is 6.46. The van der Waals surface area contributed by atoms with Crippen molar-refractivity contribution in [2.75, 3.05) is 37.0 Å². The van der Waals surface area contributed by atoms with Crippen molar-refractivity contribution in [3.8, 4) is 0 Å². The lowest BCUT2D eigenvalue weighted by Gasteiger charge is -2.17. The van der Waals surface area contributed by atoms with E-state index in [2.05, 4.69) is 5.32 Å². The quantitative estimate of drug-likeness (QED) is 0.519. The van der Waals surface area contributed by atoms with Gasteiger partial charge in [0.1, 0.15) is 10.9 Å². The maximum Gasteiger partial charge on any atom is 0.267 e. The first-order valence-electron chi connectivity index (χ1n) is 9.95. The lowest BCUT2D eigenvalue weighted by Crippen LogP contribution is -2.35. The molecule has 3 amide bonds. The van der Waals surface area contributed by atoms with Gasteiger partial charge in [0.2, 0.25) is 5.91 Å². The molecule has 9 heteroatoms. The minimum Gasteiger partial charge on any atom is -0.383 e. The van der Waals surface area contributed by atoms with Crippen LogP contribution in [0.15, 0.2) is 53.4 Å². The van der Waals surface area contributed by atoms with Crippen LogP contribution in [0.3, 0.4) is 0 Å². The molecule has 2 aliphatic rings. The summed E-state index contributed by atoms with van der Waals surface area (Å²) in [5.74, 6) is -1.04. The van der Waals surface area contributed by atoms with Crippen LogP contribution in [0.1, 0.15) is 11.1 Å². The number of benzene rings is 2. The van der Waals surface area contributed by atoms with Crippen molar-refractivity contribution < 1.29 is 19.1 Å². The number of aryl methyl sites for hydroxylation is 1. The third-order valence-electron chi connectivity index (χ3n) is 5.16. The van der Waals surface area contributed by atoms with Gasteiger partial charge in [-0.2, -0.15) is 0 Å². The van der Waals surface area contributed by atoms with Crippen molar-refractivity contribution in [1.82, 2.24) is 4.90 Å². The van der Waals surface area contributed by atoms with Crippen LogP contribution < -0.4 is 10.2 Å². The van der Waals surface area contributed by atoms with Crippen molar-refractivity contribution >= 4 is 63.0 Å². The fraction of sp³-hybridized carbons (Fsp3) is 0.217. The smallest absolute Gasteiger partial charge is 0.267 e. The van der Waals surface area contributed by atoms with Crippen LogP contribution in [0, 0.1) is 6.92 Å². The van der Waals surface area contributed by atoms with E-state index >= 15 is 0 Å². The molecule has 2 heterocycles. The molecule has 0 radical (unpaired) electrons. The molecule has 164 valence electrons. The minimum atomic E-state index is -0.391. The van der Waals surface area contributed by atoms with Crippen LogP contribution in [0.25, 0.3) is 5.57 Å². The molecule has 0 aliphatic carbocycles. The maximum absolute atomic E-state index is 13.4. The number of amides is 3. The number of rotatable bonds is 6. The van der Waals surface area contributed by atoms with Gasteiger partial charge in [0, 0.05) is 18.4 Å². The highest BCUT2D eigenvalue weighted by Gasteiger charge is 2.42. The molecule has 0 spiro atoms. The third-order valence-corrected chi connectivity index (χ3v) is 6.60. The number of carbonyl (C=O) groups excluding carboxylic acids is 3. The zero-order chi connectivity index (χ0) is 22.8. The zero-order valence-corrected chi connectivity index (χ0v) is 19.2. The van der Waals surface area contributed by atoms with Crippen molar-refractivity contribution in [2.45, 2.75) is 6.92 Å². The Morgan fingerprint density at radius 1 is 1.06 bits per heavy atom. The molecule has 0 saturated carbocycles. The predicted octanol–water partition coefficient (Wildman–Crippen LogP) is 3.20. The van der Waals surface area contributed by atoms with Gasteiger partial charge in [-0.15, -0.1) is 0 Å². The monoisotopic (exact) mass is 467 g/mol. The normalized spacial score (nSPS) is 17.9. The van der Waals surface area contributed by atoms with E-state index in [0.29, 0.717) is 34.4 Å². The Balaban J connectivity index is 1.62. The maximum atomic E-state index is 13.4. The fourth-order valence-corrected chi connectivity index (χ4v) is 4.94. The summed E-state index contributed by atoms with van der Waals surface area (Å²) in [5.41, 5.74) is 3.22.